The Hall–Kier alpha value is -1.50. The summed E-state index contributed by atoms with van der Waals surface area (Å²) < 4.78 is 44.8. The molecule has 2 aromatic rings. The van der Waals surface area contributed by atoms with E-state index in [1.54, 1.807) is 25.1 Å². The molecule has 0 spiro atoms. The zero-order valence-corrected chi connectivity index (χ0v) is 11.7. The van der Waals surface area contributed by atoms with Crippen LogP contribution in [0.25, 0.3) is 0 Å². The standard InChI is InChI=1S/C13H12O4S2/c1-10-4-2-6-12(8-10)19(16,17)13-7-3-5-11(9-13)18(14)15/h2-9H,1H3,(H,14,15). The van der Waals surface area contributed by atoms with Gasteiger partial charge in [-0.15, -0.1) is 0 Å². The molecule has 4 nitrogen and oxygen atoms in total. The van der Waals surface area contributed by atoms with Crippen molar-refractivity contribution >= 4 is 20.9 Å². The van der Waals surface area contributed by atoms with Crippen LogP contribution in [0.4, 0.5) is 0 Å². The number of hydrogen-bond acceptors (Lipinski definition) is 3. The van der Waals surface area contributed by atoms with Crippen molar-refractivity contribution in [3.8, 4) is 0 Å². The van der Waals surface area contributed by atoms with Gasteiger partial charge in [0, 0.05) is 0 Å². The lowest BCUT2D eigenvalue weighted by molar-refractivity contribution is 0.564. The van der Waals surface area contributed by atoms with E-state index >= 15 is 0 Å². The van der Waals surface area contributed by atoms with E-state index in [0.717, 1.165) is 5.56 Å². The van der Waals surface area contributed by atoms with Crippen LogP contribution in [0, 0.1) is 6.92 Å². The lowest BCUT2D eigenvalue weighted by atomic mass is 10.2. The number of hydrogen-bond donors (Lipinski definition) is 1. The van der Waals surface area contributed by atoms with Gasteiger partial charge in [0.05, 0.1) is 14.7 Å². The molecule has 0 saturated heterocycles. The van der Waals surface area contributed by atoms with Crippen LogP contribution in [0.5, 0.6) is 0 Å². The van der Waals surface area contributed by atoms with Crippen molar-refractivity contribution in [2.75, 3.05) is 0 Å². The molecule has 6 heteroatoms. The van der Waals surface area contributed by atoms with Crippen LogP contribution in [-0.4, -0.2) is 17.2 Å². The summed E-state index contributed by atoms with van der Waals surface area (Å²) in [6, 6.07) is 12.0. The van der Waals surface area contributed by atoms with Gasteiger partial charge in [-0.05, 0) is 42.8 Å². The number of sulfone groups is 1. The minimum Gasteiger partial charge on any atom is -0.302 e. The Kier molecular flexibility index (Phi) is 3.84. The predicted molar refractivity (Wildman–Crippen MR) is 72.1 cm³/mol. The Morgan fingerprint density at radius 1 is 1.00 bits per heavy atom. The van der Waals surface area contributed by atoms with Gasteiger partial charge in [0.2, 0.25) is 9.84 Å². The Morgan fingerprint density at radius 3 is 2.16 bits per heavy atom. The van der Waals surface area contributed by atoms with E-state index in [9.17, 15) is 12.6 Å². The van der Waals surface area contributed by atoms with Crippen molar-refractivity contribution in [3.05, 3.63) is 54.1 Å². The van der Waals surface area contributed by atoms with E-state index in [1.165, 1.54) is 30.3 Å². The molecule has 2 aromatic carbocycles. The fourth-order valence-corrected chi connectivity index (χ4v) is 3.58. The average molecular weight is 296 g/mol. The molecule has 0 fully saturated rings. The maximum absolute atomic E-state index is 12.4. The Balaban J connectivity index is 2.57. The average Bonchev–Trinajstić information content (AvgIpc) is 2.39. The minimum absolute atomic E-state index is 0.0120. The Labute approximate surface area is 114 Å². The lowest BCUT2D eigenvalue weighted by Gasteiger charge is -2.06. The van der Waals surface area contributed by atoms with E-state index in [0.29, 0.717) is 0 Å². The molecule has 100 valence electrons. The van der Waals surface area contributed by atoms with Gasteiger partial charge in [0.15, 0.2) is 11.1 Å². The third-order valence-corrected chi connectivity index (χ3v) is 5.02. The van der Waals surface area contributed by atoms with Crippen LogP contribution in [0.3, 0.4) is 0 Å². The van der Waals surface area contributed by atoms with Crippen molar-refractivity contribution in [1.82, 2.24) is 0 Å². The van der Waals surface area contributed by atoms with E-state index in [4.69, 9.17) is 4.55 Å². The van der Waals surface area contributed by atoms with Crippen LogP contribution in [0.2, 0.25) is 0 Å². The smallest absolute Gasteiger partial charge is 0.206 e. The van der Waals surface area contributed by atoms with Crippen LogP contribution in [0.15, 0.2) is 63.2 Å². The van der Waals surface area contributed by atoms with Crippen molar-refractivity contribution in [2.45, 2.75) is 21.6 Å². The number of aryl methyl sites for hydroxylation is 1. The summed E-state index contributed by atoms with van der Waals surface area (Å²) >= 11 is -2.20. The van der Waals surface area contributed by atoms with Gasteiger partial charge in [-0.3, -0.25) is 0 Å². The first-order valence-electron chi connectivity index (χ1n) is 5.44. The van der Waals surface area contributed by atoms with E-state index in [-0.39, 0.29) is 14.7 Å². The molecule has 1 N–H and O–H groups in total. The molecular formula is C13H12O4S2. The van der Waals surface area contributed by atoms with E-state index in [2.05, 4.69) is 0 Å². The molecule has 19 heavy (non-hydrogen) atoms. The van der Waals surface area contributed by atoms with Crippen LogP contribution in [0.1, 0.15) is 5.56 Å². The highest BCUT2D eigenvalue weighted by Crippen LogP contribution is 2.23. The monoisotopic (exact) mass is 296 g/mol. The van der Waals surface area contributed by atoms with Gasteiger partial charge >= 0.3 is 0 Å². The highest BCUT2D eigenvalue weighted by atomic mass is 32.2. The molecule has 0 radical (unpaired) electrons. The maximum atomic E-state index is 12.4. The first-order valence-corrected chi connectivity index (χ1v) is 8.03. The largest absolute Gasteiger partial charge is 0.302 e. The predicted octanol–water partition coefficient (Wildman–Crippen LogP) is 2.41. The summed E-state index contributed by atoms with van der Waals surface area (Å²) in [4.78, 5) is 0.250. The molecule has 0 heterocycles. The summed E-state index contributed by atoms with van der Waals surface area (Å²) in [5.74, 6) is 0. The van der Waals surface area contributed by atoms with Gasteiger partial charge in [-0.1, -0.05) is 18.2 Å². The molecule has 0 bridgehead atoms. The third-order valence-electron chi connectivity index (χ3n) is 2.62. The summed E-state index contributed by atoms with van der Waals surface area (Å²) in [5.41, 5.74) is 0.836. The van der Waals surface area contributed by atoms with Gasteiger partial charge in [0.1, 0.15) is 0 Å². The topological polar surface area (TPSA) is 71.4 Å². The number of benzene rings is 2. The van der Waals surface area contributed by atoms with Crippen molar-refractivity contribution < 1.29 is 17.2 Å². The third kappa shape index (κ3) is 2.91. The van der Waals surface area contributed by atoms with Gasteiger partial charge in [-0.2, -0.15) is 0 Å². The van der Waals surface area contributed by atoms with E-state index in [1.807, 2.05) is 0 Å². The maximum Gasteiger partial charge on any atom is 0.206 e. The molecule has 2 rings (SSSR count). The molecule has 0 saturated carbocycles. The molecule has 0 aliphatic heterocycles. The molecule has 1 unspecified atom stereocenters. The molecule has 0 amide bonds. The van der Waals surface area contributed by atoms with Gasteiger partial charge in [0.25, 0.3) is 0 Å². The first kappa shape index (κ1) is 13.9. The highest BCUT2D eigenvalue weighted by Gasteiger charge is 2.18. The van der Waals surface area contributed by atoms with Crippen molar-refractivity contribution in [3.63, 3.8) is 0 Å². The van der Waals surface area contributed by atoms with Gasteiger partial charge in [-0.25, -0.2) is 12.6 Å². The van der Waals surface area contributed by atoms with Crippen LogP contribution in [-0.2, 0) is 20.9 Å². The van der Waals surface area contributed by atoms with Crippen LogP contribution < -0.4 is 0 Å². The Morgan fingerprint density at radius 2 is 1.58 bits per heavy atom. The highest BCUT2D eigenvalue weighted by molar-refractivity contribution is 7.91. The minimum atomic E-state index is -3.66. The number of rotatable bonds is 3. The zero-order valence-electron chi connectivity index (χ0n) is 10.1. The molecule has 0 aliphatic rings. The van der Waals surface area contributed by atoms with Crippen molar-refractivity contribution in [2.24, 2.45) is 0 Å². The van der Waals surface area contributed by atoms with Gasteiger partial charge < -0.3 is 4.55 Å². The van der Waals surface area contributed by atoms with Crippen molar-refractivity contribution in [1.29, 1.82) is 0 Å². The Bertz CT molecular complexity index is 736. The molecule has 0 aromatic heterocycles. The zero-order chi connectivity index (χ0) is 14.0. The first-order chi connectivity index (χ1) is 8.91. The summed E-state index contributed by atoms with van der Waals surface area (Å²) in [7, 11) is -3.66. The SMILES string of the molecule is Cc1cccc(S(=O)(=O)c2cccc(S(=O)O)c2)c1. The fraction of sp³-hybridized carbons (Fsp3) is 0.0769. The second-order valence-corrected chi connectivity index (χ2v) is 6.96. The lowest BCUT2D eigenvalue weighted by Crippen LogP contribution is -2.03. The fourth-order valence-electron chi connectivity index (χ4n) is 1.67. The summed E-state index contributed by atoms with van der Waals surface area (Å²) in [6.45, 7) is 1.80. The van der Waals surface area contributed by atoms with Crippen LogP contribution >= 0.6 is 0 Å². The summed E-state index contributed by atoms with van der Waals surface area (Å²) in [5, 5.41) is 0. The summed E-state index contributed by atoms with van der Waals surface area (Å²) in [6.07, 6.45) is 0. The normalized spacial score (nSPS) is 13.2. The molecule has 1 atom stereocenters. The second-order valence-electron chi connectivity index (χ2n) is 4.04. The quantitative estimate of drug-likeness (QED) is 0.883. The second kappa shape index (κ2) is 5.24. The molecular weight excluding hydrogens is 284 g/mol. The molecule has 0 aliphatic carbocycles. The van der Waals surface area contributed by atoms with E-state index < -0.39 is 20.9 Å².